The number of benzene rings is 1. The first-order valence-corrected chi connectivity index (χ1v) is 7.92. The van der Waals surface area contributed by atoms with Crippen LogP contribution in [0, 0.1) is 6.92 Å². The van der Waals surface area contributed by atoms with Gasteiger partial charge < -0.3 is 14.9 Å². The van der Waals surface area contributed by atoms with Crippen LogP contribution in [-0.2, 0) is 10.0 Å². The largest absolute Gasteiger partial charge is 0.488 e. The van der Waals surface area contributed by atoms with E-state index in [1.807, 2.05) is 7.05 Å². The molecule has 0 atom stereocenters. The van der Waals surface area contributed by atoms with Crippen LogP contribution in [0.3, 0.4) is 0 Å². The third-order valence-electron chi connectivity index (χ3n) is 3.58. The van der Waals surface area contributed by atoms with Crippen molar-refractivity contribution in [1.82, 2.24) is 9.21 Å². The Morgan fingerprint density at radius 3 is 2.25 bits per heavy atom. The number of hydrogen-bond acceptors (Lipinski definition) is 5. The molecule has 2 N–H and O–H groups in total. The van der Waals surface area contributed by atoms with Crippen LogP contribution < -0.4 is 5.46 Å². The number of likely N-dealkylation sites (N-methyl/N-ethyl adjacent to an activating group) is 1. The minimum Gasteiger partial charge on any atom is -0.423 e. The van der Waals surface area contributed by atoms with Gasteiger partial charge in [-0.1, -0.05) is 12.1 Å². The zero-order chi connectivity index (χ0) is 14.9. The lowest BCUT2D eigenvalue weighted by Crippen LogP contribution is -2.47. The van der Waals surface area contributed by atoms with Crippen molar-refractivity contribution in [1.29, 1.82) is 0 Å². The Kier molecular flexibility index (Phi) is 4.50. The molecule has 1 heterocycles. The Bertz CT molecular complexity index is 583. The van der Waals surface area contributed by atoms with E-state index in [0.29, 0.717) is 37.2 Å². The van der Waals surface area contributed by atoms with E-state index in [0.717, 1.165) is 0 Å². The highest BCUT2D eigenvalue weighted by atomic mass is 32.2. The fourth-order valence-corrected chi connectivity index (χ4v) is 3.92. The second-order valence-corrected chi connectivity index (χ2v) is 7.01. The highest BCUT2D eigenvalue weighted by Gasteiger charge is 2.29. The molecule has 0 bridgehead atoms. The third kappa shape index (κ3) is 3.04. The van der Waals surface area contributed by atoms with Crippen LogP contribution in [0.2, 0.25) is 0 Å². The van der Waals surface area contributed by atoms with Gasteiger partial charge in [-0.05, 0) is 31.1 Å². The summed E-state index contributed by atoms with van der Waals surface area (Å²) in [5.41, 5.74) is 0.814. The highest BCUT2D eigenvalue weighted by molar-refractivity contribution is 7.89. The molecule has 0 amide bonds. The summed E-state index contributed by atoms with van der Waals surface area (Å²) in [6, 6.07) is 4.37. The van der Waals surface area contributed by atoms with Gasteiger partial charge in [-0.2, -0.15) is 4.31 Å². The summed E-state index contributed by atoms with van der Waals surface area (Å²) in [6.07, 6.45) is 0. The lowest BCUT2D eigenvalue weighted by Gasteiger charge is -2.31. The number of nitrogens with zero attached hydrogens (tertiary/aromatic N) is 2. The van der Waals surface area contributed by atoms with Crippen molar-refractivity contribution in [3.63, 3.8) is 0 Å². The third-order valence-corrected chi connectivity index (χ3v) is 5.64. The van der Waals surface area contributed by atoms with Crippen molar-refractivity contribution < 1.29 is 18.5 Å². The quantitative estimate of drug-likeness (QED) is 0.672. The van der Waals surface area contributed by atoms with Gasteiger partial charge in [0, 0.05) is 26.2 Å². The molecule has 0 radical (unpaired) electrons. The van der Waals surface area contributed by atoms with Crippen LogP contribution in [-0.4, -0.2) is 68.0 Å². The molecule has 1 aromatic rings. The summed E-state index contributed by atoms with van der Waals surface area (Å²) in [4.78, 5) is 2.32. The zero-order valence-corrected chi connectivity index (χ0v) is 12.5. The number of piperazine rings is 1. The van der Waals surface area contributed by atoms with Gasteiger partial charge in [0.15, 0.2) is 0 Å². The van der Waals surface area contributed by atoms with Gasteiger partial charge in [0.05, 0.1) is 4.90 Å². The van der Waals surface area contributed by atoms with E-state index in [2.05, 4.69) is 4.90 Å². The number of hydrogen-bond donors (Lipinski definition) is 2. The molecule has 110 valence electrons. The van der Waals surface area contributed by atoms with Crippen molar-refractivity contribution in [3.05, 3.63) is 23.8 Å². The monoisotopic (exact) mass is 298 g/mol. The summed E-state index contributed by atoms with van der Waals surface area (Å²) in [6.45, 7) is 4.04. The molecule has 0 saturated carbocycles. The van der Waals surface area contributed by atoms with Crippen molar-refractivity contribution >= 4 is 22.6 Å². The molecule has 1 aromatic carbocycles. The highest BCUT2D eigenvalue weighted by Crippen LogP contribution is 2.20. The number of aryl methyl sites for hydroxylation is 1. The predicted octanol–water partition coefficient (Wildman–Crippen LogP) is -1.39. The Morgan fingerprint density at radius 1 is 1.15 bits per heavy atom. The first-order chi connectivity index (χ1) is 9.32. The van der Waals surface area contributed by atoms with Crippen molar-refractivity contribution in [2.75, 3.05) is 33.2 Å². The van der Waals surface area contributed by atoms with Gasteiger partial charge in [0.1, 0.15) is 0 Å². The lowest BCUT2D eigenvalue weighted by molar-refractivity contribution is 0.222. The average molecular weight is 298 g/mol. The topological polar surface area (TPSA) is 81.1 Å². The lowest BCUT2D eigenvalue weighted by atomic mass is 9.80. The maximum absolute atomic E-state index is 12.6. The van der Waals surface area contributed by atoms with Crippen LogP contribution in [0.4, 0.5) is 0 Å². The van der Waals surface area contributed by atoms with E-state index in [1.165, 1.54) is 22.5 Å². The molecule has 1 aliphatic heterocycles. The molecule has 0 aromatic heterocycles. The Labute approximate surface area is 119 Å². The summed E-state index contributed by atoms with van der Waals surface area (Å²) in [5.74, 6) is 0. The normalized spacial score (nSPS) is 18.2. The van der Waals surface area contributed by atoms with E-state index >= 15 is 0 Å². The van der Waals surface area contributed by atoms with Crippen LogP contribution in [0.1, 0.15) is 5.56 Å². The first kappa shape index (κ1) is 15.5. The molecule has 1 aliphatic rings. The maximum atomic E-state index is 12.6. The molecule has 8 heteroatoms. The van der Waals surface area contributed by atoms with E-state index < -0.39 is 17.1 Å². The Hall–Kier alpha value is -0.925. The van der Waals surface area contributed by atoms with Crippen molar-refractivity contribution in [2.24, 2.45) is 0 Å². The maximum Gasteiger partial charge on any atom is 0.488 e. The van der Waals surface area contributed by atoms with Gasteiger partial charge >= 0.3 is 7.12 Å². The van der Waals surface area contributed by atoms with Crippen LogP contribution in [0.5, 0.6) is 0 Å². The summed E-state index contributed by atoms with van der Waals surface area (Å²) in [5, 5.41) is 18.2. The van der Waals surface area contributed by atoms with Crippen LogP contribution in [0.25, 0.3) is 0 Å². The Balaban J connectivity index is 2.30. The van der Waals surface area contributed by atoms with Gasteiger partial charge in [-0.3, -0.25) is 0 Å². The van der Waals surface area contributed by atoms with Crippen LogP contribution in [0.15, 0.2) is 23.1 Å². The molecule has 1 fully saturated rings. The van der Waals surface area contributed by atoms with Crippen LogP contribution >= 0.6 is 0 Å². The molecule has 20 heavy (non-hydrogen) atoms. The van der Waals surface area contributed by atoms with Gasteiger partial charge in [0.25, 0.3) is 0 Å². The van der Waals surface area contributed by atoms with Gasteiger partial charge in [-0.25, -0.2) is 8.42 Å². The molecule has 0 unspecified atom stereocenters. The van der Waals surface area contributed by atoms with Crippen molar-refractivity contribution in [3.8, 4) is 0 Å². The molecular weight excluding hydrogens is 279 g/mol. The average Bonchev–Trinajstić information content (AvgIpc) is 2.38. The summed E-state index contributed by atoms with van der Waals surface area (Å²) < 4.78 is 26.6. The molecular formula is C12H19BN2O4S. The second kappa shape index (κ2) is 5.83. The van der Waals surface area contributed by atoms with E-state index in [1.54, 1.807) is 6.92 Å². The molecule has 2 rings (SSSR count). The minimum absolute atomic E-state index is 0.228. The fraction of sp³-hybridized carbons (Fsp3) is 0.500. The number of sulfonamides is 1. The second-order valence-electron chi connectivity index (χ2n) is 5.11. The minimum atomic E-state index is -3.52. The van der Waals surface area contributed by atoms with Gasteiger partial charge in [-0.15, -0.1) is 0 Å². The molecule has 0 aliphatic carbocycles. The smallest absolute Gasteiger partial charge is 0.423 e. The molecule has 0 spiro atoms. The SMILES string of the molecule is Cc1cc(B(O)O)ccc1S(=O)(=O)N1CCN(C)CC1. The molecule has 1 saturated heterocycles. The summed E-state index contributed by atoms with van der Waals surface area (Å²) >= 11 is 0. The zero-order valence-electron chi connectivity index (χ0n) is 11.7. The number of rotatable bonds is 3. The summed E-state index contributed by atoms with van der Waals surface area (Å²) in [7, 11) is -3.14. The standard InChI is InChI=1S/C12H19BN2O4S/c1-10-9-11(13(16)17)3-4-12(10)20(18,19)15-7-5-14(2)6-8-15/h3-4,9,16-17H,5-8H2,1-2H3. The molecule has 6 nitrogen and oxygen atoms in total. The van der Waals surface area contributed by atoms with E-state index in [4.69, 9.17) is 10.0 Å². The Morgan fingerprint density at radius 2 is 1.75 bits per heavy atom. The van der Waals surface area contributed by atoms with Crippen molar-refractivity contribution in [2.45, 2.75) is 11.8 Å². The van der Waals surface area contributed by atoms with E-state index in [9.17, 15) is 8.42 Å². The predicted molar refractivity (Wildman–Crippen MR) is 77.3 cm³/mol. The fourth-order valence-electron chi connectivity index (χ4n) is 2.29. The van der Waals surface area contributed by atoms with E-state index in [-0.39, 0.29) is 4.90 Å². The first-order valence-electron chi connectivity index (χ1n) is 6.48. The van der Waals surface area contributed by atoms with Gasteiger partial charge in [0.2, 0.25) is 10.0 Å².